The lowest BCUT2D eigenvalue weighted by atomic mass is 9.89. The van der Waals surface area contributed by atoms with E-state index in [0.717, 1.165) is 29.5 Å². The molecule has 51 heavy (non-hydrogen) atoms. The van der Waals surface area contributed by atoms with E-state index in [0.29, 0.717) is 26.1 Å². The second kappa shape index (κ2) is 24.3. The summed E-state index contributed by atoms with van der Waals surface area (Å²) in [7, 11) is 0.541. The Balaban J connectivity index is 0.000000514. The first-order valence-electron chi connectivity index (χ1n) is 17.2. The Kier molecular flexibility index (Phi) is 21.4. The van der Waals surface area contributed by atoms with Crippen LogP contribution in [0, 0.1) is 0 Å². The number of rotatable bonds is 22. The minimum Gasteiger partial charge on any atom is -0.466 e. The molecule has 0 saturated carbocycles. The molecule has 4 atom stereocenters. The molecule has 0 saturated heterocycles. The van der Waals surface area contributed by atoms with Crippen LogP contribution in [-0.4, -0.2) is 80.2 Å². The maximum Gasteiger partial charge on any atom is 0.314 e. The van der Waals surface area contributed by atoms with Crippen molar-refractivity contribution >= 4 is 34.4 Å². The van der Waals surface area contributed by atoms with Crippen LogP contribution in [-0.2, 0) is 33.3 Å². The molecule has 0 fully saturated rings. The normalized spacial score (nSPS) is 13.6. The average Bonchev–Trinajstić information content (AvgIpc) is 3.09. The van der Waals surface area contributed by atoms with Gasteiger partial charge in [0.2, 0.25) is 0 Å². The summed E-state index contributed by atoms with van der Waals surface area (Å²) in [5.41, 5.74) is 19.6. The quantitative estimate of drug-likeness (QED) is 0.0219. The highest BCUT2D eigenvalue weighted by Gasteiger charge is 2.28. The van der Waals surface area contributed by atoms with Crippen LogP contribution >= 0.6 is 0 Å². The number of nitrogens with zero attached hydrogens (tertiary/aromatic N) is 6. The van der Waals surface area contributed by atoms with Crippen LogP contribution in [0.25, 0.3) is 20.9 Å². The first kappa shape index (κ1) is 45.0. The number of aldehydes is 1. The Morgan fingerprint density at radius 1 is 0.686 bits per heavy atom. The highest BCUT2D eigenvalue weighted by atomic mass is 28.3. The zero-order valence-corrected chi connectivity index (χ0v) is 33.4. The second-order valence-electron chi connectivity index (χ2n) is 14.6. The lowest BCUT2D eigenvalue weighted by molar-refractivity contribution is -0.146. The number of azide groups is 2. The topological polar surface area (TPSA) is 186 Å². The van der Waals surface area contributed by atoms with E-state index in [1.54, 1.807) is 14.2 Å². The van der Waals surface area contributed by atoms with Crippen molar-refractivity contribution in [1.82, 2.24) is 0 Å². The summed E-state index contributed by atoms with van der Waals surface area (Å²) in [6.45, 7) is 13.9. The van der Waals surface area contributed by atoms with Gasteiger partial charge in [-0.2, -0.15) is 0 Å². The SMILES string of the molecule is COC(CC(C[C@H](N=[N+]=[N-])C(=O)OCC[Si](C)(C)C)c1ccccc1)OC.C[Si](C)(C)CCOC(=O)[C@H](CC(CC=O)c1ccccc1)N=[N+]=[N-]. The molecule has 0 amide bonds. The van der Waals surface area contributed by atoms with Crippen molar-refractivity contribution in [2.75, 3.05) is 27.4 Å². The Labute approximate surface area is 304 Å². The predicted octanol–water partition coefficient (Wildman–Crippen LogP) is 9.04. The van der Waals surface area contributed by atoms with E-state index in [-0.39, 0.29) is 24.7 Å². The van der Waals surface area contributed by atoms with E-state index in [1.165, 1.54) is 0 Å². The number of ether oxygens (including phenoxy) is 4. The predicted molar refractivity (Wildman–Crippen MR) is 205 cm³/mol. The van der Waals surface area contributed by atoms with Crippen LogP contribution in [0.5, 0.6) is 0 Å². The lowest BCUT2D eigenvalue weighted by Gasteiger charge is -2.24. The Morgan fingerprint density at radius 2 is 1.08 bits per heavy atom. The van der Waals surface area contributed by atoms with Crippen LogP contribution in [0.2, 0.25) is 51.4 Å². The summed E-state index contributed by atoms with van der Waals surface area (Å²) in [5, 5.41) is 7.29. The molecule has 0 aliphatic rings. The third-order valence-corrected chi connectivity index (χ3v) is 11.5. The molecule has 0 bridgehead atoms. The second-order valence-corrected chi connectivity index (χ2v) is 25.9. The first-order valence-corrected chi connectivity index (χ1v) is 24.6. The highest BCUT2D eigenvalue weighted by Crippen LogP contribution is 2.29. The molecular weight excluding hydrogens is 685 g/mol. The molecule has 2 rings (SSSR count). The van der Waals surface area contributed by atoms with Crippen LogP contribution in [0.15, 0.2) is 70.9 Å². The summed E-state index contributed by atoms with van der Waals surface area (Å²) in [6.07, 6.45) is 1.81. The molecule has 2 unspecified atom stereocenters. The molecule has 0 spiro atoms. The van der Waals surface area contributed by atoms with Crippen molar-refractivity contribution in [1.29, 1.82) is 0 Å². The highest BCUT2D eigenvalue weighted by molar-refractivity contribution is 6.76. The number of esters is 2. The van der Waals surface area contributed by atoms with Crippen molar-refractivity contribution in [2.24, 2.45) is 10.2 Å². The van der Waals surface area contributed by atoms with Crippen LogP contribution in [0.1, 0.15) is 48.6 Å². The monoisotopic (exact) mass is 740 g/mol. The number of carbonyl (C=O) groups excluding carboxylic acids is 3. The fourth-order valence-electron chi connectivity index (χ4n) is 4.98. The minimum absolute atomic E-state index is 0.0730. The van der Waals surface area contributed by atoms with E-state index in [1.807, 2.05) is 60.7 Å². The van der Waals surface area contributed by atoms with Crippen molar-refractivity contribution < 1.29 is 33.3 Å². The van der Waals surface area contributed by atoms with Crippen LogP contribution in [0.3, 0.4) is 0 Å². The fraction of sp³-hybridized carbons (Fsp3) is 0.583. The first-order chi connectivity index (χ1) is 24.2. The molecule has 0 radical (unpaired) electrons. The van der Waals surface area contributed by atoms with E-state index in [4.69, 9.17) is 30.0 Å². The number of methoxy groups -OCH3 is 2. The summed E-state index contributed by atoms with van der Waals surface area (Å²) in [6, 6.07) is 19.2. The zero-order chi connectivity index (χ0) is 38.3. The van der Waals surface area contributed by atoms with Crippen molar-refractivity contribution in [3.63, 3.8) is 0 Å². The van der Waals surface area contributed by atoms with Gasteiger partial charge in [0.1, 0.15) is 18.4 Å². The molecule has 13 nitrogen and oxygen atoms in total. The third-order valence-electron chi connectivity index (χ3n) is 8.06. The minimum atomic E-state index is -1.31. The van der Waals surface area contributed by atoms with Crippen LogP contribution in [0.4, 0.5) is 0 Å². The summed E-state index contributed by atoms with van der Waals surface area (Å²) >= 11 is 0. The Morgan fingerprint density at radius 3 is 1.43 bits per heavy atom. The van der Waals surface area contributed by atoms with Crippen molar-refractivity contribution in [2.45, 2.75) is 107 Å². The molecular formula is C36H56N6O7Si2. The maximum absolute atomic E-state index is 12.5. The molecule has 0 aromatic heterocycles. The van der Waals surface area contributed by atoms with Gasteiger partial charge in [-0.3, -0.25) is 9.59 Å². The fourth-order valence-corrected chi connectivity index (χ4v) is 6.41. The number of hydrogen-bond acceptors (Lipinski definition) is 9. The Bertz CT molecular complexity index is 1410. The molecule has 2 aromatic carbocycles. The summed E-state index contributed by atoms with van der Waals surface area (Å²) in [4.78, 5) is 41.3. The lowest BCUT2D eigenvalue weighted by Crippen LogP contribution is -2.28. The smallest absolute Gasteiger partial charge is 0.314 e. The largest absolute Gasteiger partial charge is 0.466 e. The summed E-state index contributed by atoms with van der Waals surface area (Å²) in [5.74, 6) is -1.24. The van der Waals surface area contributed by atoms with Gasteiger partial charge in [0.15, 0.2) is 6.29 Å². The molecule has 0 aliphatic heterocycles. The number of carbonyl (C=O) groups is 3. The molecule has 0 N–H and O–H groups in total. The van der Waals surface area contributed by atoms with E-state index in [2.05, 4.69) is 59.3 Å². The zero-order valence-electron chi connectivity index (χ0n) is 31.4. The van der Waals surface area contributed by atoms with Gasteiger partial charge < -0.3 is 23.7 Å². The third kappa shape index (κ3) is 19.9. The number of benzene rings is 2. The molecule has 0 aliphatic carbocycles. The average molecular weight is 741 g/mol. The molecule has 280 valence electrons. The molecule has 2 aromatic rings. The van der Waals surface area contributed by atoms with Gasteiger partial charge in [-0.05, 0) is 59.0 Å². The number of hydrogen-bond donors (Lipinski definition) is 0. The van der Waals surface area contributed by atoms with Gasteiger partial charge in [-0.1, -0.05) is 110 Å². The van der Waals surface area contributed by atoms with E-state index >= 15 is 0 Å². The Hall–Kier alpha value is -3.98. The van der Waals surface area contributed by atoms with Gasteiger partial charge in [-0.25, -0.2) is 0 Å². The van der Waals surface area contributed by atoms with E-state index < -0.39 is 46.5 Å². The van der Waals surface area contributed by atoms with Gasteiger partial charge in [0.05, 0.1) is 13.2 Å². The standard InChI is InChI=1S/C19H31N3O4Si.C17H25N3O3Si/c1-24-18(25-2)14-16(15-9-7-6-8-10-15)13-17(21-22-20)19(23)26-11-12-27(3,4)5;1-24(2,3)12-11-23-17(22)16(19-20-18)13-15(9-10-21)14-7-5-4-6-8-14/h6-10,16-18H,11-14H2,1-5H3;4-8,10,15-16H,9,11-13H2,1-3H3/t16?,17-;15?,16-/m00/s1. The molecule has 15 heteroatoms. The van der Waals surface area contributed by atoms with Crippen molar-refractivity contribution in [3.8, 4) is 0 Å². The van der Waals surface area contributed by atoms with Gasteiger partial charge in [0, 0.05) is 53.0 Å². The van der Waals surface area contributed by atoms with Gasteiger partial charge >= 0.3 is 11.9 Å². The van der Waals surface area contributed by atoms with Gasteiger partial charge in [0.25, 0.3) is 0 Å². The van der Waals surface area contributed by atoms with Crippen LogP contribution < -0.4 is 0 Å². The van der Waals surface area contributed by atoms with E-state index in [9.17, 15) is 14.4 Å². The maximum atomic E-state index is 12.5. The van der Waals surface area contributed by atoms with Crippen molar-refractivity contribution in [3.05, 3.63) is 92.7 Å². The van der Waals surface area contributed by atoms with Gasteiger partial charge in [-0.15, -0.1) is 0 Å². The summed E-state index contributed by atoms with van der Waals surface area (Å²) < 4.78 is 21.3. The molecule has 0 heterocycles.